The van der Waals surface area contributed by atoms with Gasteiger partial charge in [0.1, 0.15) is 5.54 Å². The van der Waals surface area contributed by atoms with Gasteiger partial charge in [-0.05, 0) is 73.4 Å². The van der Waals surface area contributed by atoms with Gasteiger partial charge >= 0.3 is 0 Å². The first kappa shape index (κ1) is 21.6. The van der Waals surface area contributed by atoms with Gasteiger partial charge in [-0.1, -0.05) is 59.7 Å². The summed E-state index contributed by atoms with van der Waals surface area (Å²) in [5, 5.41) is 0. The minimum absolute atomic E-state index is 0.0255. The molecule has 0 amide bonds. The van der Waals surface area contributed by atoms with Crippen molar-refractivity contribution >= 4 is 11.0 Å². The molecule has 0 aliphatic carbocycles. The van der Waals surface area contributed by atoms with Gasteiger partial charge < -0.3 is 0 Å². The fraction of sp³-hybridized carbons (Fsp3) is 0.519. The molecule has 0 saturated heterocycles. The van der Waals surface area contributed by atoms with E-state index in [-0.39, 0.29) is 16.4 Å². The van der Waals surface area contributed by atoms with Crippen molar-refractivity contribution in [2.75, 3.05) is 0 Å². The zero-order chi connectivity index (χ0) is 21.9. The third-order valence-electron chi connectivity index (χ3n) is 5.99. The number of aryl methyl sites for hydroxylation is 2. The maximum Gasteiger partial charge on any atom is 0.290 e. The van der Waals surface area contributed by atoms with Crippen LogP contribution < -0.4 is 4.57 Å². The Bertz CT molecular complexity index is 1060. The van der Waals surface area contributed by atoms with Crippen LogP contribution >= 0.6 is 0 Å². The molecule has 2 heteroatoms. The summed E-state index contributed by atoms with van der Waals surface area (Å²) in [5.41, 5.74) is 8.21. The van der Waals surface area contributed by atoms with Crippen molar-refractivity contribution in [3.8, 4) is 11.4 Å². The molecule has 3 rings (SSSR count). The fourth-order valence-corrected chi connectivity index (χ4v) is 4.14. The topological polar surface area (TPSA) is 8.81 Å². The maximum absolute atomic E-state index is 2.52. The van der Waals surface area contributed by atoms with E-state index >= 15 is 0 Å². The SMILES string of the molecule is Cc1ccc(C(C)(C)C)cc1-c1n(C(C)(C)C)c2ccc(C(C)(C)C)cc2[n+]1C. The van der Waals surface area contributed by atoms with Crippen molar-refractivity contribution < 1.29 is 4.57 Å². The van der Waals surface area contributed by atoms with Crippen molar-refractivity contribution in [2.45, 2.75) is 85.6 Å². The Kier molecular flexibility index (Phi) is 5.01. The molecular weight excluding hydrogens is 352 g/mol. The quantitative estimate of drug-likeness (QED) is 0.404. The molecule has 0 spiro atoms. The maximum atomic E-state index is 2.52. The highest BCUT2D eigenvalue weighted by atomic mass is 15.2. The van der Waals surface area contributed by atoms with Gasteiger partial charge in [0.05, 0.1) is 12.6 Å². The molecule has 0 unspecified atom stereocenters. The third-order valence-corrected chi connectivity index (χ3v) is 5.99. The van der Waals surface area contributed by atoms with Gasteiger partial charge in [0, 0.05) is 0 Å². The van der Waals surface area contributed by atoms with E-state index in [1.807, 2.05) is 0 Å². The number of rotatable bonds is 1. The lowest BCUT2D eigenvalue weighted by Crippen LogP contribution is -2.34. The smallest absolute Gasteiger partial charge is 0.226 e. The van der Waals surface area contributed by atoms with E-state index in [2.05, 4.69) is 122 Å². The lowest BCUT2D eigenvalue weighted by molar-refractivity contribution is -0.634. The Morgan fingerprint density at radius 3 is 1.76 bits per heavy atom. The Balaban J connectivity index is 2.43. The predicted molar refractivity (Wildman–Crippen MR) is 126 cm³/mol. The van der Waals surface area contributed by atoms with E-state index < -0.39 is 0 Å². The van der Waals surface area contributed by atoms with Gasteiger partial charge in [0.2, 0.25) is 0 Å². The number of imidazole rings is 1. The van der Waals surface area contributed by atoms with Crippen LogP contribution in [0.2, 0.25) is 0 Å². The van der Waals surface area contributed by atoms with Crippen molar-refractivity contribution in [3.63, 3.8) is 0 Å². The van der Waals surface area contributed by atoms with Crippen LogP contribution in [0.4, 0.5) is 0 Å². The molecule has 1 heterocycles. The molecular formula is C27H39N2+. The summed E-state index contributed by atoms with van der Waals surface area (Å²) in [5.74, 6) is 1.28. The van der Waals surface area contributed by atoms with Crippen molar-refractivity contribution in [1.29, 1.82) is 0 Å². The van der Waals surface area contributed by atoms with Crippen LogP contribution in [-0.2, 0) is 23.4 Å². The second kappa shape index (κ2) is 6.72. The number of fused-ring (bicyclic) bond motifs is 1. The standard InChI is InChI=1S/C27H39N2/c1-18-12-13-19(25(2,3)4)16-21(18)24-28(11)23-17-20(26(5,6)7)14-15-22(23)29(24)27(8,9)10/h12-17H,1-11H3/q+1. The van der Waals surface area contributed by atoms with Crippen LogP contribution in [0.3, 0.4) is 0 Å². The molecule has 1 aromatic heterocycles. The van der Waals surface area contributed by atoms with Gasteiger partial charge in [-0.25, -0.2) is 9.13 Å². The summed E-state index contributed by atoms with van der Waals surface area (Å²) in [6.45, 7) is 22.9. The monoisotopic (exact) mass is 391 g/mol. The molecule has 0 fully saturated rings. The average molecular weight is 392 g/mol. The first-order valence-corrected chi connectivity index (χ1v) is 10.8. The Labute approximate surface area is 177 Å². The molecule has 0 radical (unpaired) electrons. The summed E-state index contributed by atoms with van der Waals surface area (Å²) in [4.78, 5) is 0. The highest BCUT2D eigenvalue weighted by Gasteiger charge is 2.34. The lowest BCUT2D eigenvalue weighted by Gasteiger charge is -2.22. The van der Waals surface area contributed by atoms with Crippen LogP contribution in [0.25, 0.3) is 22.4 Å². The van der Waals surface area contributed by atoms with Crippen LogP contribution in [0.15, 0.2) is 36.4 Å². The molecule has 3 aromatic rings. The summed E-state index contributed by atoms with van der Waals surface area (Å²) < 4.78 is 4.91. The molecule has 0 aliphatic heterocycles. The molecule has 156 valence electrons. The van der Waals surface area contributed by atoms with Crippen molar-refractivity contribution in [3.05, 3.63) is 53.1 Å². The van der Waals surface area contributed by atoms with Gasteiger partial charge in [0.15, 0.2) is 11.0 Å². The number of hydrogen-bond acceptors (Lipinski definition) is 0. The van der Waals surface area contributed by atoms with E-state index in [0.29, 0.717) is 0 Å². The van der Waals surface area contributed by atoms with Crippen LogP contribution in [0, 0.1) is 6.92 Å². The normalized spacial score (nSPS) is 13.3. The number of hydrogen-bond donors (Lipinski definition) is 0. The second-order valence-electron chi connectivity index (χ2n) is 11.6. The van der Waals surface area contributed by atoms with Gasteiger partial charge in [-0.15, -0.1) is 0 Å². The predicted octanol–water partition coefficient (Wildman–Crippen LogP) is 6.79. The van der Waals surface area contributed by atoms with Crippen molar-refractivity contribution in [1.82, 2.24) is 4.57 Å². The van der Waals surface area contributed by atoms with E-state index in [4.69, 9.17) is 0 Å². The minimum atomic E-state index is -0.0255. The first-order valence-electron chi connectivity index (χ1n) is 10.8. The van der Waals surface area contributed by atoms with Gasteiger partial charge in [0.25, 0.3) is 5.82 Å². The molecule has 0 bridgehead atoms. The molecule has 0 aliphatic rings. The van der Waals surface area contributed by atoms with E-state index in [1.165, 1.54) is 39.1 Å². The highest BCUT2D eigenvalue weighted by molar-refractivity contribution is 5.78. The zero-order valence-corrected chi connectivity index (χ0v) is 20.4. The van der Waals surface area contributed by atoms with E-state index in [0.717, 1.165) is 0 Å². The second-order valence-corrected chi connectivity index (χ2v) is 11.6. The van der Waals surface area contributed by atoms with E-state index in [1.54, 1.807) is 0 Å². The largest absolute Gasteiger partial charge is 0.290 e. The summed E-state index contributed by atoms with van der Waals surface area (Å²) in [6.07, 6.45) is 0. The molecule has 2 aromatic carbocycles. The fourth-order valence-electron chi connectivity index (χ4n) is 4.14. The highest BCUT2D eigenvalue weighted by Crippen LogP contribution is 2.35. The zero-order valence-electron chi connectivity index (χ0n) is 20.4. The summed E-state index contributed by atoms with van der Waals surface area (Å²) in [6, 6.07) is 13.9. The van der Waals surface area contributed by atoms with Gasteiger partial charge in [-0.2, -0.15) is 0 Å². The van der Waals surface area contributed by atoms with Crippen molar-refractivity contribution in [2.24, 2.45) is 7.05 Å². The van der Waals surface area contributed by atoms with Gasteiger partial charge in [-0.3, -0.25) is 0 Å². The molecule has 2 nitrogen and oxygen atoms in total. The van der Waals surface area contributed by atoms with Crippen LogP contribution in [0.1, 0.15) is 79.0 Å². The number of benzene rings is 2. The lowest BCUT2D eigenvalue weighted by atomic mass is 9.85. The summed E-state index contributed by atoms with van der Waals surface area (Å²) in [7, 11) is 2.22. The summed E-state index contributed by atoms with van der Waals surface area (Å²) >= 11 is 0. The average Bonchev–Trinajstić information content (AvgIpc) is 2.86. The van der Waals surface area contributed by atoms with E-state index in [9.17, 15) is 0 Å². The minimum Gasteiger partial charge on any atom is -0.226 e. The first-order chi connectivity index (χ1) is 13.1. The van der Waals surface area contributed by atoms with Crippen LogP contribution in [-0.4, -0.2) is 4.57 Å². The molecule has 29 heavy (non-hydrogen) atoms. The van der Waals surface area contributed by atoms with Crippen LogP contribution in [0.5, 0.6) is 0 Å². The number of aromatic nitrogens is 2. The Hall–Kier alpha value is -2.09. The molecule has 0 atom stereocenters. The molecule has 0 saturated carbocycles. The number of nitrogens with zero attached hydrogens (tertiary/aromatic N) is 2. The molecule has 0 N–H and O–H groups in total. The Morgan fingerprint density at radius 1 is 0.724 bits per heavy atom. The third kappa shape index (κ3) is 3.86. The Morgan fingerprint density at radius 2 is 1.24 bits per heavy atom.